The van der Waals surface area contributed by atoms with Gasteiger partial charge in [-0.15, -0.1) is 6.42 Å². The summed E-state index contributed by atoms with van der Waals surface area (Å²) >= 11 is 0. The molecule has 24 heavy (non-hydrogen) atoms. The monoisotopic (exact) mass is 339 g/mol. The van der Waals surface area contributed by atoms with Gasteiger partial charge in [-0.25, -0.2) is 9.59 Å². The Morgan fingerprint density at radius 3 is 2.08 bits per heavy atom. The fraction of sp³-hybridized carbons (Fsp3) is 0.375. The van der Waals surface area contributed by atoms with Crippen molar-refractivity contribution in [3.8, 4) is 23.8 Å². The van der Waals surface area contributed by atoms with Gasteiger partial charge in [-0.2, -0.15) is 0 Å². The highest BCUT2D eigenvalue weighted by atomic mass is 16.5. The number of nitrogens with one attached hydrogen (secondary N) is 1. The lowest BCUT2D eigenvalue weighted by Gasteiger charge is -2.12. The highest BCUT2D eigenvalue weighted by Crippen LogP contribution is 2.17. The van der Waals surface area contributed by atoms with Crippen molar-refractivity contribution in [1.82, 2.24) is 5.32 Å². The number of terminal acetylenes is 1. The molecule has 0 saturated carbocycles. The molecule has 1 aromatic carbocycles. The summed E-state index contributed by atoms with van der Waals surface area (Å²) in [5, 5.41) is 27.3. The van der Waals surface area contributed by atoms with Gasteiger partial charge in [0.15, 0.2) is 0 Å². The second-order valence-electron chi connectivity index (χ2n) is 4.31. The van der Waals surface area contributed by atoms with Crippen LogP contribution in [0.5, 0.6) is 11.5 Å². The van der Waals surface area contributed by atoms with Crippen LogP contribution in [0.1, 0.15) is 6.92 Å². The first-order chi connectivity index (χ1) is 11.4. The van der Waals surface area contributed by atoms with Gasteiger partial charge in [0.25, 0.3) is 0 Å². The smallest absolute Gasteiger partial charge is 0.414 e. The summed E-state index contributed by atoms with van der Waals surface area (Å²) in [5.41, 5.74) is 0. The van der Waals surface area contributed by atoms with E-state index in [0.29, 0.717) is 25.4 Å². The zero-order valence-electron chi connectivity index (χ0n) is 13.3. The molecular weight excluding hydrogens is 318 g/mol. The lowest BCUT2D eigenvalue weighted by molar-refractivity contribution is -0.159. The molecule has 0 spiro atoms. The number of ether oxygens (including phenoxy) is 2. The van der Waals surface area contributed by atoms with Crippen molar-refractivity contribution in [1.29, 1.82) is 0 Å². The van der Waals surface area contributed by atoms with E-state index in [1.54, 1.807) is 0 Å². The van der Waals surface area contributed by atoms with Crippen molar-refractivity contribution in [2.24, 2.45) is 0 Å². The third kappa shape index (κ3) is 10.9. The third-order valence-electron chi connectivity index (χ3n) is 2.37. The molecule has 0 amide bonds. The molecule has 0 aromatic heterocycles. The van der Waals surface area contributed by atoms with E-state index in [9.17, 15) is 5.11 Å². The van der Waals surface area contributed by atoms with Gasteiger partial charge in [-0.05, 0) is 31.2 Å². The summed E-state index contributed by atoms with van der Waals surface area (Å²) in [6, 6.07) is 7.29. The number of benzene rings is 1. The van der Waals surface area contributed by atoms with Gasteiger partial charge in [0.1, 0.15) is 24.2 Å². The number of carbonyl (C=O) groups is 2. The van der Waals surface area contributed by atoms with Crippen molar-refractivity contribution in [2.75, 3.05) is 26.3 Å². The molecule has 0 fully saturated rings. The van der Waals surface area contributed by atoms with Gasteiger partial charge in [0.2, 0.25) is 0 Å². The van der Waals surface area contributed by atoms with Crippen molar-refractivity contribution in [3.05, 3.63) is 24.3 Å². The van der Waals surface area contributed by atoms with Crippen molar-refractivity contribution in [2.45, 2.75) is 13.0 Å². The molecular formula is C16H21NO7. The Bertz CT molecular complexity index is 524. The fourth-order valence-corrected chi connectivity index (χ4v) is 1.36. The molecule has 0 aliphatic carbocycles. The van der Waals surface area contributed by atoms with Gasteiger partial charge in [0, 0.05) is 6.54 Å². The van der Waals surface area contributed by atoms with Crippen LogP contribution < -0.4 is 14.8 Å². The van der Waals surface area contributed by atoms with Crippen molar-refractivity contribution in [3.63, 3.8) is 0 Å². The maximum Gasteiger partial charge on any atom is 0.414 e. The number of aliphatic hydroxyl groups excluding tert-OH is 1. The first-order valence-electron chi connectivity index (χ1n) is 7.04. The molecule has 0 aliphatic heterocycles. The third-order valence-corrected chi connectivity index (χ3v) is 2.37. The SMILES string of the molecule is C#CCNCC(O)COc1ccc(OCC)cc1.O=C(O)C(=O)O. The van der Waals surface area contributed by atoms with E-state index in [1.165, 1.54) is 0 Å². The second kappa shape index (κ2) is 12.8. The van der Waals surface area contributed by atoms with Crippen LogP contribution in [0.25, 0.3) is 0 Å². The predicted octanol–water partition coefficient (Wildman–Crippen LogP) is 0.203. The molecule has 0 bridgehead atoms. The zero-order chi connectivity index (χ0) is 18.4. The number of hydrogen-bond donors (Lipinski definition) is 4. The van der Waals surface area contributed by atoms with Gasteiger partial charge >= 0.3 is 11.9 Å². The quantitative estimate of drug-likeness (QED) is 0.301. The highest BCUT2D eigenvalue weighted by molar-refractivity contribution is 6.27. The minimum absolute atomic E-state index is 0.228. The van der Waals surface area contributed by atoms with Gasteiger partial charge in [-0.3, -0.25) is 0 Å². The van der Waals surface area contributed by atoms with E-state index in [0.717, 1.165) is 5.75 Å². The number of aliphatic hydroxyl groups is 1. The number of carboxylic acids is 2. The molecule has 0 heterocycles. The Morgan fingerprint density at radius 2 is 1.67 bits per heavy atom. The van der Waals surface area contributed by atoms with Crippen LogP contribution in [-0.2, 0) is 9.59 Å². The molecule has 0 saturated heterocycles. The molecule has 8 nitrogen and oxygen atoms in total. The largest absolute Gasteiger partial charge is 0.494 e. The van der Waals surface area contributed by atoms with E-state index in [2.05, 4.69) is 11.2 Å². The summed E-state index contributed by atoms with van der Waals surface area (Å²) in [5.74, 6) is 0.300. The standard InChI is InChI=1S/C14H19NO3.C2H2O4/c1-3-9-15-10-12(16)11-18-14-7-5-13(6-8-14)17-4-2;3-1(4)2(5)6/h1,5-8,12,15-16H,4,9-11H2,2H3;(H,3,4)(H,5,6). The molecule has 0 aliphatic rings. The number of hydrogen-bond acceptors (Lipinski definition) is 6. The van der Waals surface area contributed by atoms with E-state index in [4.69, 9.17) is 35.7 Å². The van der Waals surface area contributed by atoms with Gasteiger partial charge in [-0.1, -0.05) is 5.92 Å². The first-order valence-corrected chi connectivity index (χ1v) is 7.04. The molecule has 1 rings (SSSR count). The Morgan fingerprint density at radius 1 is 1.17 bits per heavy atom. The molecule has 0 radical (unpaired) electrons. The van der Waals surface area contributed by atoms with E-state index in [-0.39, 0.29) is 6.61 Å². The molecule has 8 heteroatoms. The van der Waals surface area contributed by atoms with E-state index in [1.807, 2.05) is 31.2 Å². The van der Waals surface area contributed by atoms with Crippen molar-refractivity contribution >= 4 is 11.9 Å². The second-order valence-corrected chi connectivity index (χ2v) is 4.31. The minimum Gasteiger partial charge on any atom is -0.494 e. The highest BCUT2D eigenvalue weighted by Gasteiger charge is 2.05. The average Bonchev–Trinajstić information content (AvgIpc) is 2.55. The topological polar surface area (TPSA) is 125 Å². The van der Waals surface area contributed by atoms with Crippen LogP contribution in [0.4, 0.5) is 0 Å². The Balaban J connectivity index is 0.000000754. The lowest BCUT2D eigenvalue weighted by atomic mass is 10.3. The Kier molecular flexibility index (Phi) is 11.3. The predicted molar refractivity (Wildman–Crippen MR) is 86.1 cm³/mol. The molecule has 1 aromatic rings. The maximum atomic E-state index is 9.60. The summed E-state index contributed by atoms with van der Waals surface area (Å²) in [4.78, 5) is 18.2. The first kappa shape index (κ1) is 21.2. The van der Waals surface area contributed by atoms with Gasteiger partial charge in [0.05, 0.1) is 13.2 Å². The number of carboxylic acid groups (broad SMARTS) is 2. The van der Waals surface area contributed by atoms with Crippen LogP contribution in [0.2, 0.25) is 0 Å². The van der Waals surface area contributed by atoms with E-state index < -0.39 is 18.0 Å². The van der Waals surface area contributed by atoms with Crippen LogP contribution in [0.15, 0.2) is 24.3 Å². The maximum absolute atomic E-state index is 9.60. The normalized spacial score (nSPS) is 10.5. The van der Waals surface area contributed by atoms with Crippen LogP contribution >= 0.6 is 0 Å². The van der Waals surface area contributed by atoms with Crippen LogP contribution in [0, 0.1) is 12.3 Å². The molecule has 1 atom stereocenters. The fourth-order valence-electron chi connectivity index (χ4n) is 1.36. The van der Waals surface area contributed by atoms with Crippen LogP contribution in [0.3, 0.4) is 0 Å². The summed E-state index contributed by atoms with van der Waals surface area (Å²) in [6.45, 7) is 3.66. The lowest BCUT2D eigenvalue weighted by Crippen LogP contribution is -2.31. The molecule has 4 N–H and O–H groups in total. The van der Waals surface area contributed by atoms with Crippen molar-refractivity contribution < 1.29 is 34.4 Å². The summed E-state index contributed by atoms with van der Waals surface area (Å²) in [7, 11) is 0. The Labute approximate surface area is 140 Å². The van der Waals surface area contributed by atoms with Crippen LogP contribution in [-0.4, -0.2) is 59.7 Å². The number of aliphatic carboxylic acids is 2. The molecule has 1 unspecified atom stereocenters. The summed E-state index contributed by atoms with van der Waals surface area (Å²) < 4.78 is 10.8. The van der Waals surface area contributed by atoms with Gasteiger partial charge < -0.3 is 30.1 Å². The minimum atomic E-state index is -1.82. The van der Waals surface area contributed by atoms with E-state index >= 15 is 0 Å². The average molecular weight is 339 g/mol. The zero-order valence-corrected chi connectivity index (χ0v) is 13.3. The Hall–Kier alpha value is -2.76. The molecule has 132 valence electrons. The summed E-state index contributed by atoms with van der Waals surface area (Å²) in [6.07, 6.45) is 4.50. The number of rotatable bonds is 8.